The topological polar surface area (TPSA) is 42.7 Å². The predicted molar refractivity (Wildman–Crippen MR) is 146 cm³/mol. The lowest BCUT2D eigenvalue weighted by Gasteiger charge is -2.12. The summed E-state index contributed by atoms with van der Waals surface area (Å²) in [4.78, 5) is 13.9. The molecule has 0 aromatic carbocycles. The highest BCUT2D eigenvalue weighted by molar-refractivity contribution is 7.07. The van der Waals surface area contributed by atoms with Gasteiger partial charge >= 0.3 is 6.09 Å². The minimum absolute atomic E-state index is 0.0989. The Morgan fingerprint density at radius 1 is 0.914 bits per heavy atom. The first kappa shape index (κ1) is 30.1. The van der Waals surface area contributed by atoms with Gasteiger partial charge in [0.25, 0.3) is 0 Å². The maximum absolute atomic E-state index is 12.1. The van der Waals surface area contributed by atoms with Crippen LogP contribution >= 0.6 is 11.3 Å². The van der Waals surface area contributed by atoms with Crippen LogP contribution in [-0.4, -0.2) is 43.4 Å². The van der Waals surface area contributed by atoms with E-state index in [0.29, 0.717) is 13.2 Å². The van der Waals surface area contributed by atoms with Gasteiger partial charge in [0.2, 0.25) is 5.51 Å². The molecule has 0 bridgehead atoms. The fourth-order valence-corrected chi connectivity index (χ4v) is 5.61. The van der Waals surface area contributed by atoms with E-state index >= 15 is 0 Å². The highest BCUT2D eigenvalue weighted by Crippen LogP contribution is 2.15. The number of nitrogens with zero attached hydrogens (tertiary/aromatic N) is 2. The maximum Gasteiger partial charge on any atom is 0.410 e. The third kappa shape index (κ3) is 14.3. The fourth-order valence-electron chi connectivity index (χ4n) is 4.80. The number of thiazole rings is 1. The Balaban J connectivity index is 1.33. The highest BCUT2D eigenvalue weighted by atomic mass is 32.1. The molecule has 1 atom stereocenters. The molecule has 1 amide bonds. The quantitative estimate of drug-likeness (QED) is 0.111. The van der Waals surface area contributed by atoms with Gasteiger partial charge in [-0.1, -0.05) is 102 Å². The van der Waals surface area contributed by atoms with Gasteiger partial charge in [-0.05, 0) is 19.3 Å². The van der Waals surface area contributed by atoms with E-state index < -0.39 is 0 Å². The number of unbranched alkanes of at least 4 members (excludes halogenated alkanes) is 15. The number of hydrogen-bond acceptors (Lipinski definition) is 4. The average molecular weight is 510 g/mol. The smallest absolute Gasteiger partial charge is 0.410 e. The van der Waals surface area contributed by atoms with Crippen LogP contribution < -0.4 is 4.57 Å². The molecule has 202 valence electrons. The van der Waals surface area contributed by atoms with Gasteiger partial charge in [-0.2, -0.15) is 4.57 Å². The standard InChI is InChI=1S/C29H53N2O3S/c1-3-4-5-6-7-8-9-10-11-12-13-14-15-19-22-33-24-28-23-30(29(32)34-28)20-17-16-18-21-31-26-35-25-27(31)2/h25-26,28H,3-24H2,1-2H3/q+1. The van der Waals surface area contributed by atoms with E-state index in [2.05, 4.69) is 29.3 Å². The molecular weight excluding hydrogens is 456 g/mol. The highest BCUT2D eigenvalue weighted by Gasteiger charge is 2.30. The summed E-state index contributed by atoms with van der Waals surface area (Å²) in [6.07, 6.45) is 22.2. The van der Waals surface area contributed by atoms with Crippen molar-refractivity contribution in [3.63, 3.8) is 0 Å². The van der Waals surface area contributed by atoms with Crippen molar-refractivity contribution >= 4 is 17.4 Å². The van der Waals surface area contributed by atoms with Crippen LogP contribution in [0.4, 0.5) is 4.79 Å². The van der Waals surface area contributed by atoms with E-state index in [9.17, 15) is 4.79 Å². The number of carbonyl (C=O) groups is 1. The number of aryl methyl sites for hydroxylation is 2. The van der Waals surface area contributed by atoms with Crippen molar-refractivity contribution in [1.29, 1.82) is 0 Å². The molecule has 1 aliphatic rings. The van der Waals surface area contributed by atoms with Crippen LogP contribution in [0.2, 0.25) is 0 Å². The summed E-state index contributed by atoms with van der Waals surface area (Å²) in [5, 5.41) is 2.18. The summed E-state index contributed by atoms with van der Waals surface area (Å²) in [5.41, 5.74) is 3.51. The molecule has 1 saturated heterocycles. The molecule has 0 spiro atoms. The molecule has 6 heteroatoms. The second-order valence-electron chi connectivity index (χ2n) is 10.4. The van der Waals surface area contributed by atoms with Gasteiger partial charge in [0, 0.05) is 26.5 Å². The average Bonchev–Trinajstić information content (AvgIpc) is 3.43. The van der Waals surface area contributed by atoms with Crippen LogP contribution in [0, 0.1) is 6.92 Å². The van der Waals surface area contributed by atoms with E-state index in [4.69, 9.17) is 9.47 Å². The van der Waals surface area contributed by atoms with Crippen LogP contribution in [0.15, 0.2) is 10.9 Å². The first-order chi connectivity index (χ1) is 17.2. The van der Waals surface area contributed by atoms with Gasteiger partial charge in [0.15, 0.2) is 5.69 Å². The number of aromatic nitrogens is 1. The van der Waals surface area contributed by atoms with E-state index in [1.54, 1.807) is 11.3 Å². The number of carbonyl (C=O) groups excluding carboxylic acids is 1. The molecular formula is C29H53N2O3S+. The fraction of sp³-hybridized carbons (Fsp3) is 0.862. The largest absolute Gasteiger partial charge is 0.442 e. The van der Waals surface area contributed by atoms with E-state index in [1.807, 2.05) is 4.90 Å². The Kier molecular flexibility index (Phi) is 17.2. The molecule has 5 nitrogen and oxygen atoms in total. The molecule has 2 heterocycles. The zero-order valence-corrected chi connectivity index (χ0v) is 23.6. The number of amides is 1. The Labute approximate surface area is 219 Å². The molecule has 1 aliphatic heterocycles. The lowest BCUT2D eigenvalue weighted by atomic mass is 10.0. The van der Waals surface area contributed by atoms with Crippen LogP contribution in [0.25, 0.3) is 0 Å². The number of hydrogen-bond donors (Lipinski definition) is 0. The third-order valence-electron chi connectivity index (χ3n) is 7.10. The molecule has 2 rings (SSSR count). The van der Waals surface area contributed by atoms with Crippen LogP contribution in [0.5, 0.6) is 0 Å². The lowest BCUT2D eigenvalue weighted by molar-refractivity contribution is -0.698. The second kappa shape index (κ2) is 20.0. The number of ether oxygens (including phenoxy) is 2. The van der Waals surface area contributed by atoms with Crippen molar-refractivity contribution in [3.8, 4) is 0 Å². The zero-order chi connectivity index (χ0) is 25.0. The lowest BCUT2D eigenvalue weighted by Crippen LogP contribution is -2.34. The minimum Gasteiger partial charge on any atom is -0.442 e. The van der Waals surface area contributed by atoms with Crippen molar-refractivity contribution < 1.29 is 18.8 Å². The summed E-state index contributed by atoms with van der Waals surface area (Å²) in [5.74, 6) is 0. The Hall–Kier alpha value is -1.14. The van der Waals surface area contributed by atoms with E-state index in [0.717, 1.165) is 45.4 Å². The Morgan fingerprint density at radius 3 is 2.11 bits per heavy atom. The molecule has 35 heavy (non-hydrogen) atoms. The minimum atomic E-state index is -0.168. The van der Waals surface area contributed by atoms with Crippen LogP contribution in [0.1, 0.15) is 122 Å². The molecule has 0 radical (unpaired) electrons. The van der Waals surface area contributed by atoms with Gasteiger partial charge in [0.05, 0.1) is 18.5 Å². The maximum atomic E-state index is 12.1. The normalized spacial score (nSPS) is 15.8. The van der Waals surface area contributed by atoms with Gasteiger partial charge in [-0.3, -0.25) is 0 Å². The van der Waals surface area contributed by atoms with Crippen molar-refractivity contribution in [2.75, 3.05) is 26.3 Å². The summed E-state index contributed by atoms with van der Waals surface area (Å²) in [6.45, 7) is 8.29. The first-order valence-electron chi connectivity index (χ1n) is 14.7. The molecule has 1 unspecified atom stereocenters. The summed E-state index contributed by atoms with van der Waals surface area (Å²) in [7, 11) is 0. The molecule has 0 aliphatic carbocycles. The van der Waals surface area contributed by atoms with Crippen molar-refractivity contribution in [2.24, 2.45) is 0 Å². The zero-order valence-electron chi connectivity index (χ0n) is 22.8. The molecule has 1 fully saturated rings. The molecule has 0 N–H and O–H groups in total. The number of rotatable bonds is 23. The molecule has 1 aromatic heterocycles. The Bertz CT molecular complexity index is 652. The summed E-state index contributed by atoms with van der Waals surface area (Å²) >= 11 is 1.75. The monoisotopic (exact) mass is 509 g/mol. The van der Waals surface area contributed by atoms with Gasteiger partial charge < -0.3 is 14.4 Å². The van der Waals surface area contributed by atoms with Gasteiger partial charge in [-0.15, -0.1) is 0 Å². The summed E-state index contributed by atoms with van der Waals surface area (Å²) in [6, 6.07) is 0. The molecule has 1 aromatic rings. The van der Waals surface area contributed by atoms with Crippen molar-refractivity contribution in [1.82, 2.24) is 4.90 Å². The number of cyclic esters (lactones) is 1. The van der Waals surface area contributed by atoms with Crippen molar-refractivity contribution in [3.05, 3.63) is 16.6 Å². The predicted octanol–water partition coefficient (Wildman–Crippen LogP) is 7.83. The summed E-state index contributed by atoms with van der Waals surface area (Å²) < 4.78 is 13.6. The van der Waals surface area contributed by atoms with Gasteiger partial charge in [-0.25, -0.2) is 4.79 Å². The third-order valence-corrected chi connectivity index (χ3v) is 7.96. The van der Waals surface area contributed by atoms with E-state index in [-0.39, 0.29) is 12.2 Å². The van der Waals surface area contributed by atoms with Crippen LogP contribution in [0.3, 0.4) is 0 Å². The van der Waals surface area contributed by atoms with Crippen molar-refractivity contribution in [2.45, 2.75) is 136 Å². The Morgan fingerprint density at radius 2 is 1.51 bits per heavy atom. The molecule has 0 saturated carbocycles. The second-order valence-corrected chi connectivity index (χ2v) is 11.1. The SMILES string of the molecule is CCCCCCCCCCCCCCCCOCC1CN(CCCCC[n+]2cscc2C)C(=O)O1. The van der Waals surface area contributed by atoms with Crippen LogP contribution in [-0.2, 0) is 16.0 Å². The van der Waals surface area contributed by atoms with E-state index in [1.165, 1.54) is 89.2 Å². The van der Waals surface area contributed by atoms with Gasteiger partial charge in [0.1, 0.15) is 12.6 Å². The first-order valence-corrected chi connectivity index (χ1v) is 15.6.